The number of alkyl halides is 1. The molecule has 1 N–H and O–H groups in total. The summed E-state index contributed by atoms with van der Waals surface area (Å²) in [4.78, 5) is 11.1. The summed E-state index contributed by atoms with van der Waals surface area (Å²) in [5, 5.41) is 13.0. The Morgan fingerprint density at radius 2 is 2.11 bits per heavy atom. The van der Waals surface area contributed by atoms with Crippen molar-refractivity contribution in [1.29, 1.82) is 0 Å². The Morgan fingerprint density at radius 1 is 1.37 bits per heavy atom. The average Bonchev–Trinajstić information content (AvgIpc) is 2.84. The first kappa shape index (κ1) is 13.1. The monoisotopic (exact) mass is 264 g/mol. The second-order valence-corrected chi connectivity index (χ2v) is 3.82. The number of halogens is 1. The maximum absolute atomic E-state index is 12.0. The fourth-order valence-electron chi connectivity index (χ4n) is 1.56. The van der Waals surface area contributed by atoms with Crippen LogP contribution in [0.1, 0.15) is 16.9 Å². The fraction of sp³-hybridized carbons (Fsp3) is 0.231. The first-order chi connectivity index (χ1) is 9.22. The molecule has 0 aliphatic heterocycles. The number of carboxylic acid groups (broad SMARTS) is 1. The average molecular weight is 264 g/mol. The molecule has 0 saturated heterocycles. The minimum Gasteiger partial charge on any atom is -0.489 e. The fourth-order valence-corrected chi connectivity index (χ4v) is 1.56. The summed E-state index contributed by atoms with van der Waals surface area (Å²) in [5.74, 6) is -1.03. The second kappa shape index (κ2) is 5.99. The molecule has 2 rings (SSSR count). The minimum atomic E-state index is -1.18. The van der Waals surface area contributed by atoms with Crippen LogP contribution in [0.5, 0.6) is 5.75 Å². The number of para-hydroxylation sites is 1. The normalized spacial score (nSPS) is 10.4. The topological polar surface area (TPSA) is 64.3 Å². The predicted octanol–water partition coefficient (Wildman–Crippen LogP) is 2.31. The molecule has 0 spiro atoms. The van der Waals surface area contributed by atoms with Gasteiger partial charge in [-0.15, -0.1) is 0 Å². The molecular formula is C13H13FN2O3. The van der Waals surface area contributed by atoms with Crippen molar-refractivity contribution in [2.75, 3.05) is 13.3 Å². The summed E-state index contributed by atoms with van der Waals surface area (Å²) in [6.07, 6.45) is 1.70. The zero-order valence-corrected chi connectivity index (χ0v) is 10.1. The summed E-state index contributed by atoms with van der Waals surface area (Å²) < 4.78 is 18.7. The molecule has 0 saturated carbocycles. The van der Waals surface area contributed by atoms with Crippen LogP contribution in [0.3, 0.4) is 0 Å². The molecule has 0 radical (unpaired) electrons. The molecule has 1 aromatic heterocycles. The van der Waals surface area contributed by atoms with Crippen LogP contribution in [0.2, 0.25) is 0 Å². The molecule has 0 amide bonds. The van der Waals surface area contributed by atoms with Crippen LogP contribution in [-0.4, -0.2) is 34.1 Å². The molecule has 0 aliphatic rings. The van der Waals surface area contributed by atoms with Crippen LogP contribution < -0.4 is 4.74 Å². The van der Waals surface area contributed by atoms with Gasteiger partial charge in [-0.05, 0) is 12.1 Å². The minimum absolute atomic E-state index is 0.122. The van der Waals surface area contributed by atoms with Crippen molar-refractivity contribution in [2.24, 2.45) is 0 Å². The largest absolute Gasteiger partial charge is 0.489 e. The number of carbonyl (C=O) groups is 1. The molecule has 1 heterocycles. The van der Waals surface area contributed by atoms with E-state index in [-0.39, 0.29) is 24.5 Å². The van der Waals surface area contributed by atoms with Crippen LogP contribution >= 0.6 is 0 Å². The van der Waals surface area contributed by atoms with Crippen LogP contribution in [0.4, 0.5) is 4.39 Å². The molecular weight excluding hydrogens is 251 g/mol. The number of rotatable bonds is 6. The first-order valence-corrected chi connectivity index (χ1v) is 5.79. The van der Waals surface area contributed by atoms with Gasteiger partial charge < -0.3 is 9.84 Å². The molecule has 100 valence electrons. The van der Waals surface area contributed by atoms with Crippen molar-refractivity contribution in [2.45, 2.75) is 6.42 Å². The number of nitrogens with zero attached hydrogens (tertiary/aromatic N) is 2. The smallest absolute Gasteiger partial charge is 0.360 e. The Balaban J connectivity index is 2.27. The van der Waals surface area contributed by atoms with E-state index in [2.05, 4.69) is 5.10 Å². The van der Waals surface area contributed by atoms with Gasteiger partial charge in [0.15, 0.2) is 5.75 Å². The molecule has 0 atom stereocenters. The summed E-state index contributed by atoms with van der Waals surface area (Å²) >= 11 is 0. The summed E-state index contributed by atoms with van der Waals surface area (Å²) in [6, 6.07) is 9.08. The highest BCUT2D eigenvalue weighted by atomic mass is 19.1. The van der Waals surface area contributed by atoms with Gasteiger partial charge in [-0.2, -0.15) is 5.10 Å². The molecule has 0 bridgehead atoms. The van der Waals surface area contributed by atoms with Crippen molar-refractivity contribution in [3.63, 3.8) is 0 Å². The lowest BCUT2D eigenvalue weighted by molar-refractivity contribution is 0.0685. The lowest BCUT2D eigenvalue weighted by atomic mass is 10.3. The van der Waals surface area contributed by atoms with Gasteiger partial charge in [-0.3, -0.25) is 4.39 Å². The van der Waals surface area contributed by atoms with E-state index in [0.29, 0.717) is 0 Å². The van der Waals surface area contributed by atoms with Gasteiger partial charge in [0.1, 0.15) is 0 Å². The highest BCUT2D eigenvalue weighted by Gasteiger charge is 2.17. The van der Waals surface area contributed by atoms with Crippen molar-refractivity contribution in [3.8, 4) is 11.4 Å². The van der Waals surface area contributed by atoms with Gasteiger partial charge in [0, 0.05) is 6.42 Å². The van der Waals surface area contributed by atoms with E-state index >= 15 is 0 Å². The maximum atomic E-state index is 12.0. The summed E-state index contributed by atoms with van der Waals surface area (Å²) in [6.45, 7) is -0.382. The Morgan fingerprint density at radius 3 is 2.74 bits per heavy atom. The van der Waals surface area contributed by atoms with E-state index in [0.717, 1.165) is 5.69 Å². The Labute approximate surface area is 109 Å². The van der Waals surface area contributed by atoms with E-state index in [4.69, 9.17) is 9.84 Å². The highest BCUT2D eigenvalue weighted by molar-refractivity contribution is 5.88. The Hall–Kier alpha value is -2.37. The second-order valence-electron chi connectivity index (χ2n) is 3.82. The lowest BCUT2D eigenvalue weighted by Gasteiger charge is -2.01. The molecule has 19 heavy (non-hydrogen) atoms. The third-order valence-corrected chi connectivity index (χ3v) is 2.44. The van der Waals surface area contributed by atoms with Gasteiger partial charge in [0.05, 0.1) is 25.2 Å². The number of aromatic carboxylic acids is 1. The van der Waals surface area contributed by atoms with Crippen LogP contribution in [0.25, 0.3) is 5.69 Å². The highest BCUT2D eigenvalue weighted by Crippen LogP contribution is 2.20. The standard InChI is InChI=1S/C13H13FN2O3/c14-7-4-8-19-11-9-16(15-12(11)13(17)18)10-5-2-1-3-6-10/h1-3,5-6,9H,4,7-8H2,(H,17,18). The number of benzene rings is 1. The quantitative estimate of drug-likeness (QED) is 0.813. The zero-order valence-electron chi connectivity index (χ0n) is 10.1. The predicted molar refractivity (Wildman–Crippen MR) is 66.6 cm³/mol. The zero-order chi connectivity index (χ0) is 13.7. The van der Waals surface area contributed by atoms with Gasteiger partial charge in [-0.1, -0.05) is 18.2 Å². The van der Waals surface area contributed by atoms with Gasteiger partial charge in [-0.25, -0.2) is 9.48 Å². The van der Waals surface area contributed by atoms with Gasteiger partial charge in [0.25, 0.3) is 0 Å². The molecule has 6 heteroatoms. The van der Waals surface area contributed by atoms with Gasteiger partial charge in [0.2, 0.25) is 5.69 Å². The van der Waals surface area contributed by atoms with E-state index in [1.807, 2.05) is 18.2 Å². The molecule has 2 aromatic rings. The summed E-state index contributed by atoms with van der Waals surface area (Å²) in [5.41, 5.74) is 0.549. The van der Waals surface area contributed by atoms with Crippen molar-refractivity contribution >= 4 is 5.97 Å². The maximum Gasteiger partial charge on any atom is 0.360 e. The Bertz CT molecular complexity index is 554. The number of carboxylic acids is 1. The first-order valence-electron chi connectivity index (χ1n) is 5.79. The number of hydrogen-bond acceptors (Lipinski definition) is 3. The number of hydrogen-bond donors (Lipinski definition) is 1. The molecule has 0 unspecified atom stereocenters. The van der Waals surface area contributed by atoms with Crippen LogP contribution in [-0.2, 0) is 0 Å². The molecule has 1 aromatic carbocycles. The van der Waals surface area contributed by atoms with Gasteiger partial charge >= 0.3 is 5.97 Å². The SMILES string of the molecule is O=C(O)c1nn(-c2ccccc2)cc1OCCCF. The third-order valence-electron chi connectivity index (χ3n) is 2.44. The van der Waals surface area contributed by atoms with Crippen molar-refractivity contribution in [1.82, 2.24) is 9.78 Å². The van der Waals surface area contributed by atoms with E-state index in [9.17, 15) is 9.18 Å². The Kier molecular flexibility index (Phi) is 4.12. The number of aromatic nitrogens is 2. The lowest BCUT2D eigenvalue weighted by Crippen LogP contribution is -2.04. The third kappa shape index (κ3) is 3.09. The molecule has 0 aliphatic carbocycles. The van der Waals surface area contributed by atoms with E-state index < -0.39 is 12.6 Å². The van der Waals surface area contributed by atoms with E-state index in [1.54, 1.807) is 12.1 Å². The van der Waals surface area contributed by atoms with Crippen molar-refractivity contribution in [3.05, 3.63) is 42.2 Å². The van der Waals surface area contributed by atoms with Crippen molar-refractivity contribution < 1.29 is 19.0 Å². The molecule has 5 nitrogen and oxygen atoms in total. The van der Waals surface area contributed by atoms with Crippen LogP contribution in [0, 0.1) is 0 Å². The van der Waals surface area contributed by atoms with Crippen LogP contribution in [0.15, 0.2) is 36.5 Å². The molecule has 0 fully saturated rings. The van der Waals surface area contributed by atoms with E-state index in [1.165, 1.54) is 10.9 Å². The summed E-state index contributed by atoms with van der Waals surface area (Å²) in [7, 11) is 0. The number of ether oxygens (including phenoxy) is 1.